The van der Waals surface area contributed by atoms with Crippen molar-refractivity contribution in [2.24, 2.45) is 0 Å². The first-order valence-electron chi connectivity index (χ1n) is 6.12. The first kappa shape index (κ1) is 12.3. The zero-order valence-electron chi connectivity index (χ0n) is 10.6. The summed E-state index contributed by atoms with van der Waals surface area (Å²) in [6, 6.07) is 0.278. The molecule has 1 saturated heterocycles. The summed E-state index contributed by atoms with van der Waals surface area (Å²) in [5.74, 6) is 1.48. The van der Waals surface area contributed by atoms with Gasteiger partial charge < -0.3 is 19.5 Å². The summed E-state index contributed by atoms with van der Waals surface area (Å²) in [4.78, 5) is 6.37. The normalized spacial score (nSPS) is 24.2. The molecule has 2 heterocycles. The summed E-state index contributed by atoms with van der Waals surface area (Å²) in [7, 11) is 1.95. The highest BCUT2D eigenvalue weighted by Gasteiger charge is 2.33. The first-order valence-corrected chi connectivity index (χ1v) is 6.12. The molecule has 1 fully saturated rings. The maximum atomic E-state index is 5.47. The third kappa shape index (κ3) is 2.58. The van der Waals surface area contributed by atoms with Crippen molar-refractivity contribution in [2.45, 2.75) is 25.8 Å². The van der Waals surface area contributed by atoms with E-state index in [1.54, 1.807) is 0 Å². The molecule has 0 spiro atoms. The monoisotopic (exact) mass is 240 g/mol. The van der Waals surface area contributed by atoms with Gasteiger partial charge in [-0.05, 0) is 18.6 Å². The molecule has 2 unspecified atom stereocenters. The van der Waals surface area contributed by atoms with Crippen molar-refractivity contribution in [2.75, 3.05) is 38.3 Å². The van der Waals surface area contributed by atoms with Gasteiger partial charge in [-0.3, -0.25) is 0 Å². The van der Waals surface area contributed by atoms with Crippen LogP contribution in [-0.2, 0) is 4.74 Å². The largest absolute Gasteiger partial charge is 0.379 e. The number of nitrogens with zero attached hydrogens (tertiary/aromatic N) is 3. The molecule has 0 bridgehead atoms. The van der Waals surface area contributed by atoms with Crippen LogP contribution in [-0.4, -0.2) is 49.5 Å². The van der Waals surface area contributed by atoms with Gasteiger partial charge in [-0.1, -0.05) is 6.92 Å². The van der Waals surface area contributed by atoms with Crippen LogP contribution in [0.5, 0.6) is 0 Å². The Kier molecular flexibility index (Phi) is 3.96. The van der Waals surface area contributed by atoms with E-state index in [4.69, 9.17) is 9.26 Å². The Labute approximate surface area is 101 Å². The van der Waals surface area contributed by atoms with Gasteiger partial charge in [0.1, 0.15) is 0 Å². The van der Waals surface area contributed by atoms with Crippen molar-refractivity contribution in [3.8, 4) is 0 Å². The molecular formula is C11H20N4O2. The number of rotatable bonds is 5. The number of hydrogen-bond acceptors (Lipinski definition) is 6. The molecule has 17 heavy (non-hydrogen) atoms. The standard InChI is InChI=1S/C11H20N4O2/c1-4-12-9-7-16-6-8(9)10-13-11(14-17-10)15(3)5-2/h8-9,12H,4-7H2,1-3H3. The molecule has 0 aliphatic carbocycles. The van der Waals surface area contributed by atoms with Crippen LogP contribution in [0.25, 0.3) is 0 Å². The first-order chi connectivity index (χ1) is 8.26. The van der Waals surface area contributed by atoms with E-state index < -0.39 is 0 Å². The van der Waals surface area contributed by atoms with E-state index in [9.17, 15) is 0 Å². The van der Waals surface area contributed by atoms with Crippen molar-refractivity contribution in [3.05, 3.63) is 5.89 Å². The molecule has 1 aromatic heterocycles. The number of anilines is 1. The van der Waals surface area contributed by atoms with Crippen molar-refractivity contribution >= 4 is 5.95 Å². The third-order valence-electron chi connectivity index (χ3n) is 3.11. The van der Waals surface area contributed by atoms with Crippen molar-refractivity contribution < 1.29 is 9.26 Å². The van der Waals surface area contributed by atoms with E-state index in [2.05, 4.69) is 29.3 Å². The molecule has 0 amide bonds. The zero-order valence-corrected chi connectivity index (χ0v) is 10.6. The van der Waals surface area contributed by atoms with Gasteiger partial charge in [0.05, 0.1) is 19.1 Å². The van der Waals surface area contributed by atoms with Gasteiger partial charge in [-0.2, -0.15) is 4.98 Å². The molecule has 2 atom stereocenters. The van der Waals surface area contributed by atoms with Crippen LogP contribution in [0.4, 0.5) is 5.95 Å². The molecule has 1 aliphatic rings. The second kappa shape index (κ2) is 5.46. The molecule has 2 rings (SSSR count). The molecular weight excluding hydrogens is 220 g/mol. The number of likely N-dealkylation sites (N-methyl/N-ethyl adjacent to an activating group) is 1. The topological polar surface area (TPSA) is 63.4 Å². The van der Waals surface area contributed by atoms with Gasteiger partial charge in [0.15, 0.2) is 0 Å². The van der Waals surface area contributed by atoms with Crippen LogP contribution in [0, 0.1) is 0 Å². The molecule has 1 aliphatic heterocycles. The number of hydrogen-bond donors (Lipinski definition) is 1. The highest BCUT2D eigenvalue weighted by molar-refractivity contribution is 5.26. The molecule has 0 radical (unpaired) electrons. The Balaban J connectivity index is 2.08. The Morgan fingerprint density at radius 3 is 2.94 bits per heavy atom. The highest BCUT2D eigenvalue weighted by atomic mass is 16.5. The van der Waals surface area contributed by atoms with Crippen LogP contribution in [0.2, 0.25) is 0 Å². The van der Waals surface area contributed by atoms with Gasteiger partial charge in [0.2, 0.25) is 5.89 Å². The zero-order chi connectivity index (χ0) is 12.3. The van der Waals surface area contributed by atoms with Crippen molar-refractivity contribution in [1.29, 1.82) is 0 Å². The van der Waals surface area contributed by atoms with Gasteiger partial charge in [-0.15, -0.1) is 0 Å². The minimum atomic E-state index is 0.168. The van der Waals surface area contributed by atoms with Crippen LogP contribution in [0.15, 0.2) is 4.52 Å². The molecule has 96 valence electrons. The lowest BCUT2D eigenvalue weighted by Gasteiger charge is -2.14. The van der Waals surface area contributed by atoms with E-state index in [1.165, 1.54) is 0 Å². The smallest absolute Gasteiger partial charge is 0.265 e. The Bertz CT molecular complexity index is 355. The molecule has 1 N–H and O–H groups in total. The van der Waals surface area contributed by atoms with Crippen LogP contribution in [0.1, 0.15) is 25.7 Å². The fourth-order valence-corrected chi connectivity index (χ4v) is 1.94. The lowest BCUT2D eigenvalue weighted by molar-refractivity contribution is 0.185. The molecule has 0 aromatic carbocycles. The van der Waals surface area contributed by atoms with E-state index in [0.717, 1.165) is 13.1 Å². The minimum absolute atomic E-state index is 0.168. The van der Waals surface area contributed by atoms with E-state index in [1.807, 2.05) is 11.9 Å². The lowest BCUT2D eigenvalue weighted by atomic mass is 10.0. The SMILES string of the molecule is CCNC1COCC1c1nc(N(C)CC)no1. The van der Waals surface area contributed by atoms with E-state index >= 15 is 0 Å². The van der Waals surface area contributed by atoms with Crippen LogP contribution >= 0.6 is 0 Å². The molecule has 6 heteroatoms. The number of ether oxygens (including phenoxy) is 1. The second-order valence-corrected chi connectivity index (χ2v) is 4.25. The van der Waals surface area contributed by atoms with Gasteiger partial charge in [0, 0.05) is 19.6 Å². The summed E-state index contributed by atoms with van der Waals surface area (Å²) < 4.78 is 10.8. The highest BCUT2D eigenvalue weighted by Crippen LogP contribution is 2.25. The Morgan fingerprint density at radius 1 is 1.41 bits per heavy atom. The maximum absolute atomic E-state index is 5.47. The van der Waals surface area contributed by atoms with Gasteiger partial charge in [0.25, 0.3) is 5.95 Å². The summed E-state index contributed by atoms with van der Waals surface area (Å²) in [6.45, 7) is 7.27. The van der Waals surface area contributed by atoms with Crippen LogP contribution in [0.3, 0.4) is 0 Å². The fourth-order valence-electron chi connectivity index (χ4n) is 1.94. The summed E-state index contributed by atoms with van der Waals surface area (Å²) in [5.41, 5.74) is 0. The molecule has 6 nitrogen and oxygen atoms in total. The minimum Gasteiger partial charge on any atom is -0.379 e. The maximum Gasteiger partial charge on any atom is 0.265 e. The average molecular weight is 240 g/mol. The van der Waals surface area contributed by atoms with Gasteiger partial charge >= 0.3 is 0 Å². The quantitative estimate of drug-likeness (QED) is 0.814. The fraction of sp³-hybridized carbons (Fsp3) is 0.818. The van der Waals surface area contributed by atoms with Gasteiger partial charge in [-0.25, -0.2) is 0 Å². The molecule has 1 aromatic rings. The van der Waals surface area contributed by atoms with E-state index in [0.29, 0.717) is 25.1 Å². The lowest BCUT2D eigenvalue weighted by Crippen LogP contribution is -2.34. The average Bonchev–Trinajstić information content (AvgIpc) is 2.96. The number of aromatic nitrogens is 2. The predicted octanol–water partition coefficient (Wildman–Crippen LogP) is 0.618. The van der Waals surface area contributed by atoms with Crippen molar-refractivity contribution in [3.63, 3.8) is 0 Å². The number of nitrogens with one attached hydrogen (secondary N) is 1. The van der Waals surface area contributed by atoms with Crippen molar-refractivity contribution in [1.82, 2.24) is 15.5 Å². The molecule has 0 saturated carbocycles. The Hall–Kier alpha value is -1.14. The summed E-state index contributed by atoms with van der Waals surface area (Å²) in [5, 5.41) is 7.36. The van der Waals surface area contributed by atoms with E-state index in [-0.39, 0.29) is 12.0 Å². The summed E-state index contributed by atoms with van der Waals surface area (Å²) in [6.07, 6.45) is 0. The second-order valence-electron chi connectivity index (χ2n) is 4.25. The summed E-state index contributed by atoms with van der Waals surface area (Å²) >= 11 is 0. The third-order valence-corrected chi connectivity index (χ3v) is 3.11. The predicted molar refractivity (Wildman–Crippen MR) is 64.3 cm³/mol. The Morgan fingerprint density at radius 2 is 2.24 bits per heavy atom. The van der Waals surface area contributed by atoms with Crippen LogP contribution < -0.4 is 10.2 Å².